The molecule has 0 unspecified atom stereocenters. The molecule has 21 heavy (non-hydrogen) atoms. The van der Waals surface area contributed by atoms with Gasteiger partial charge in [0.05, 0.1) is 0 Å². The summed E-state index contributed by atoms with van der Waals surface area (Å²) in [6.45, 7) is 5.03. The average Bonchev–Trinajstić information content (AvgIpc) is 3.25. The van der Waals surface area contributed by atoms with E-state index in [9.17, 15) is 8.42 Å². The van der Waals surface area contributed by atoms with Crippen LogP contribution in [0.3, 0.4) is 0 Å². The molecular formula is C15H25N3O2S. The Morgan fingerprint density at radius 2 is 1.95 bits per heavy atom. The molecule has 1 aromatic heterocycles. The highest BCUT2D eigenvalue weighted by Crippen LogP contribution is 2.37. The largest absolute Gasteiger partial charge is 0.346 e. The zero-order valence-corrected chi connectivity index (χ0v) is 13.5. The molecule has 2 fully saturated rings. The maximum Gasteiger partial charge on any atom is 0.244 e. The van der Waals surface area contributed by atoms with Gasteiger partial charge in [-0.1, -0.05) is 13.3 Å². The highest BCUT2D eigenvalue weighted by atomic mass is 32.2. The van der Waals surface area contributed by atoms with E-state index in [0.29, 0.717) is 24.0 Å². The van der Waals surface area contributed by atoms with Crippen LogP contribution in [0.4, 0.5) is 0 Å². The van der Waals surface area contributed by atoms with Crippen LogP contribution in [-0.2, 0) is 16.6 Å². The molecule has 1 saturated heterocycles. The first-order valence-electron chi connectivity index (χ1n) is 8.04. The average molecular weight is 311 g/mol. The Hall–Kier alpha value is -0.850. The number of piperidine rings is 1. The molecule has 3 rings (SSSR count). The normalized spacial score (nSPS) is 20.8. The van der Waals surface area contributed by atoms with Crippen molar-refractivity contribution in [3.05, 3.63) is 18.0 Å². The fourth-order valence-corrected chi connectivity index (χ4v) is 4.55. The van der Waals surface area contributed by atoms with Crippen LogP contribution in [0.5, 0.6) is 0 Å². The van der Waals surface area contributed by atoms with E-state index in [-0.39, 0.29) is 0 Å². The Bertz CT molecular complexity index is 584. The lowest BCUT2D eigenvalue weighted by Gasteiger charge is -2.25. The summed E-state index contributed by atoms with van der Waals surface area (Å²) in [6.07, 6.45) is 7.28. The summed E-state index contributed by atoms with van der Waals surface area (Å²) in [4.78, 5) is 0.476. The third-order valence-corrected chi connectivity index (χ3v) is 6.22. The lowest BCUT2D eigenvalue weighted by atomic mass is 10.2. The summed E-state index contributed by atoms with van der Waals surface area (Å²) in [6, 6.07) is 2.37. The molecule has 0 aromatic carbocycles. The predicted octanol–water partition coefficient (Wildman–Crippen LogP) is 2.11. The highest BCUT2D eigenvalue weighted by molar-refractivity contribution is 7.89. The number of hydrogen-bond acceptors (Lipinski definition) is 3. The predicted molar refractivity (Wildman–Crippen MR) is 82.7 cm³/mol. The standard InChI is InChI=1S/C15H25N3O2S/c1-2-16-11-14-10-15(12-18(14)13-6-7-13)21(19,20)17-8-4-3-5-9-17/h10,12-13,16H,2-9,11H2,1H3. The summed E-state index contributed by atoms with van der Waals surface area (Å²) in [5.41, 5.74) is 1.09. The molecule has 2 heterocycles. The number of rotatable bonds is 6. The Kier molecular flexibility index (Phi) is 4.38. The van der Waals surface area contributed by atoms with Crippen molar-refractivity contribution in [1.29, 1.82) is 0 Å². The van der Waals surface area contributed by atoms with Gasteiger partial charge < -0.3 is 9.88 Å². The Morgan fingerprint density at radius 1 is 1.24 bits per heavy atom. The Morgan fingerprint density at radius 3 is 2.57 bits per heavy atom. The molecule has 5 nitrogen and oxygen atoms in total. The summed E-state index contributed by atoms with van der Waals surface area (Å²) < 4.78 is 29.3. The van der Waals surface area contributed by atoms with Crippen LogP contribution < -0.4 is 5.32 Å². The lowest BCUT2D eigenvalue weighted by Crippen LogP contribution is -2.35. The van der Waals surface area contributed by atoms with Crippen molar-refractivity contribution in [2.24, 2.45) is 0 Å². The second kappa shape index (κ2) is 6.10. The number of nitrogens with one attached hydrogen (secondary N) is 1. The minimum atomic E-state index is -3.31. The van der Waals surface area contributed by atoms with E-state index in [1.807, 2.05) is 12.3 Å². The number of aromatic nitrogens is 1. The summed E-state index contributed by atoms with van der Waals surface area (Å²) in [5.74, 6) is 0. The molecule has 118 valence electrons. The van der Waals surface area contributed by atoms with E-state index in [4.69, 9.17) is 0 Å². The van der Waals surface area contributed by atoms with Gasteiger partial charge in [0.25, 0.3) is 0 Å². The molecule has 2 aliphatic rings. The maximum absolute atomic E-state index is 12.8. The Labute approximate surface area is 127 Å². The molecule has 6 heteroatoms. The fraction of sp³-hybridized carbons (Fsp3) is 0.733. The fourth-order valence-electron chi connectivity index (χ4n) is 2.98. The molecule has 0 spiro atoms. The molecule has 1 saturated carbocycles. The van der Waals surface area contributed by atoms with E-state index in [1.165, 1.54) is 0 Å². The van der Waals surface area contributed by atoms with Gasteiger partial charge >= 0.3 is 0 Å². The third-order valence-electron chi connectivity index (χ3n) is 4.36. The molecule has 1 aliphatic carbocycles. The smallest absolute Gasteiger partial charge is 0.244 e. The first-order valence-corrected chi connectivity index (χ1v) is 9.48. The van der Waals surface area contributed by atoms with Crippen molar-refractivity contribution in [2.45, 2.75) is 56.5 Å². The van der Waals surface area contributed by atoms with Crippen LogP contribution in [-0.4, -0.2) is 36.9 Å². The van der Waals surface area contributed by atoms with Gasteiger partial charge in [0.1, 0.15) is 4.90 Å². The van der Waals surface area contributed by atoms with Gasteiger partial charge in [0.2, 0.25) is 10.0 Å². The first-order chi connectivity index (χ1) is 10.1. The topological polar surface area (TPSA) is 54.3 Å². The monoisotopic (exact) mass is 311 g/mol. The first kappa shape index (κ1) is 15.1. The summed E-state index contributed by atoms with van der Waals surface area (Å²) >= 11 is 0. The van der Waals surface area contributed by atoms with Crippen molar-refractivity contribution >= 4 is 10.0 Å². The van der Waals surface area contributed by atoms with Crippen molar-refractivity contribution in [1.82, 2.24) is 14.2 Å². The van der Waals surface area contributed by atoms with Gasteiger partial charge in [-0.3, -0.25) is 0 Å². The molecule has 0 bridgehead atoms. The van der Waals surface area contributed by atoms with Crippen molar-refractivity contribution in [3.8, 4) is 0 Å². The second-order valence-electron chi connectivity index (χ2n) is 6.05. The van der Waals surface area contributed by atoms with Crippen LogP contribution >= 0.6 is 0 Å². The van der Waals surface area contributed by atoms with E-state index < -0.39 is 10.0 Å². The van der Waals surface area contributed by atoms with Gasteiger partial charge in [-0.15, -0.1) is 0 Å². The van der Waals surface area contributed by atoms with Gasteiger partial charge in [-0.05, 0) is 38.3 Å². The lowest BCUT2D eigenvalue weighted by molar-refractivity contribution is 0.346. The highest BCUT2D eigenvalue weighted by Gasteiger charge is 2.31. The van der Waals surface area contributed by atoms with Gasteiger partial charge in [0, 0.05) is 37.6 Å². The van der Waals surface area contributed by atoms with E-state index >= 15 is 0 Å². The van der Waals surface area contributed by atoms with Crippen LogP contribution in [0.15, 0.2) is 17.2 Å². The van der Waals surface area contributed by atoms with Crippen molar-refractivity contribution < 1.29 is 8.42 Å². The number of hydrogen-bond donors (Lipinski definition) is 1. The second-order valence-corrected chi connectivity index (χ2v) is 7.99. The molecular weight excluding hydrogens is 286 g/mol. The molecule has 1 aliphatic heterocycles. The maximum atomic E-state index is 12.8. The summed E-state index contributed by atoms with van der Waals surface area (Å²) in [7, 11) is -3.31. The van der Waals surface area contributed by atoms with Crippen molar-refractivity contribution in [2.75, 3.05) is 19.6 Å². The zero-order valence-electron chi connectivity index (χ0n) is 12.7. The quantitative estimate of drug-likeness (QED) is 0.875. The molecule has 1 aromatic rings. The third kappa shape index (κ3) is 3.17. The molecule has 0 atom stereocenters. The van der Waals surface area contributed by atoms with E-state index in [0.717, 1.165) is 50.9 Å². The zero-order chi connectivity index (χ0) is 14.9. The Balaban J connectivity index is 1.86. The van der Waals surface area contributed by atoms with Crippen LogP contribution in [0, 0.1) is 0 Å². The number of sulfonamides is 1. The van der Waals surface area contributed by atoms with E-state index in [1.54, 1.807) is 4.31 Å². The minimum Gasteiger partial charge on any atom is -0.346 e. The molecule has 0 amide bonds. The van der Waals surface area contributed by atoms with E-state index in [2.05, 4.69) is 16.8 Å². The SMILES string of the molecule is CCNCc1cc(S(=O)(=O)N2CCCCC2)cn1C1CC1. The van der Waals surface area contributed by atoms with Crippen LogP contribution in [0.2, 0.25) is 0 Å². The van der Waals surface area contributed by atoms with Gasteiger partial charge in [-0.2, -0.15) is 4.31 Å². The van der Waals surface area contributed by atoms with Crippen molar-refractivity contribution in [3.63, 3.8) is 0 Å². The minimum absolute atomic E-state index is 0.476. The van der Waals surface area contributed by atoms with Gasteiger partial charge in [0.15, 0.2) is 0 Å². The molecule has 0 radical (unpaired) electrons. The van der Waals surface area contributed by atoms with Crippen LogP contribution in [0.25, 0.3) is 0 Å². The number of nitrogens with zero attached hydrogens (tertiary/aromatic N) is 2. The molecule has 1 N–H and O–H groups in total. The van der Waals surface area contributed by atoms with Crippen LogP contribution in [0.1, 0.15) is 50.8 Å². The summed E-state index contributed by atoms with van der Waals surface area (Å²) in [5, 5.41) is 3.30. The van der Waals surface area contributed by atoms with Gasteiger partial charge in [-0.25, -0.2) is 8.42 Å².